The van der Waals surface area contributed by atoms with Crippen LogP contribution in [0, 0.1) is 17.2 Å². The van der Waals surface area contributed by atoms with Crippen LogP contribution in [0.15, 0.2) is 24.3 Å². The number of hydrogen-bond acceptors (Lipinski definition) is 9. The number of thioether (sulfide) groups is 1. The largest absolute Gasteiger partial charge is 0.497 e. The number of anilines is 1. The molecule has 11 heteroatoms. The summed E-state index contributed by atoms with van der Waals surface area (Å²) in [5.41, 5.74) is 1.60. The van der Waals surface area contributed by atoms with E-state index in [4.69, 9.17) is 9.47 Å². The molecule has 0 saturated carbocycles. The molecule has 0 radical (unpaired) electrons. The Morgan fingerprint density at radius 2 is 2.17 bits per heavy atom. The molecule has 1 aliphatic heterocycles. The molecule has 1 aromatic heterocycles. The number of ether oxygens (including phenoxy) is 2. The Morgan fingerprint density at radius 3 is 2.91 bits per heavy atom. The standard InChI is InChI=1S/C24H26N4O5S2/c1-3-33-23(31)19-15-8-5-9-17(15)35-22(19)26-18(29)12-34-24-27-20(16(11-25)21(30)28-24)13-6-4-7-14(10-13)32-2/h4,6-7,10,16,20,24,27H,3,5,8-9,12H2,1-2H3,(H,26,29)(H,28,30). The van der Waals surface area contributed by atoms with Gasteiger partial charge in [-0.3, -0.25) is 14.9 Å². The Morgan fingerprint density at radius 1 is 1.34 bits per heavy atom. The molecular weight excluding hydrogens is 488 g/mol. The molecule has 9 nitrogen and oxygen atoms in total. The predicted octanol–water partition coefficient (Wildman–Crippen LogP) is 2.98. The maximum atomic E-state index is 12.8. The maximum absolute atomic E-state index is 12.8. The number of benzene rings is 1. The first-order valence-electron chi connectivity index (χ1n) is 11.3. The zero-order valence-corrected chi connectivity index (χ0v) is 21.0. The molecule has 3 unspecified atom stereocenters. The molecule has 2 amide bonds. The van der Waals surface area contributed by atoms with Crippen LogP contribution < -0.4 is 20.7 Å². The van der Waals surface area contributed by atoms with Gasteiger partial charge < -0.3 is 20.1 Å². The highest BCUT2D eigenvalue weighted by Gasteiger charge is 2.38. The molecule has 35 heavy (non-hydrogen) atoms. The molecule has 1 saturated heterocycles. The molecule has 1 aliphatic carbocycles. The summed E-state index contributed by atoms with van der Waals surface area (Å²) in [6.45, 7) is 2.01. The first kappa shape index (κ1) is 25.0. The topological polar surface area (TPSA) is 130 Å². The predicted molar refractivity (Wildman–Crippen MR) is 133 cm³/mol. The van der Waals surface area contributed by atoms with Crippen molar-refractivity contribution < 1.29 is 23.9 Å². The maximum Gasteiger partial charge on any atom is 0.341 e. The van der Waals surface area contributed by atoms with Crippen molar-refractivity contribution in [3.8, 4) is 11.8 Å². The van der Waals surface area contributed by atoms with Gasteiger partial charge in [-0.15, -0.1) is 23.1 Å². The zero-order valence-electron chi connectivity index (χ0n) is 19.4. The minimum atomic E-state index is -0.923. The van der Waals surface area contributed by atoms with E-state index in [1.807, 2.05) is 6.07 Å². The van der Waals surface area contributed by atoms with Gasteiger partial charge in [0.05, 0.1) is 37.1 Å². The van der Waals surface area contributed by atoms with E-state index in [9.17, 15) is 19.6 Å². The number of nitrogens with zero attached hydrogens (tertiary/aromatic N) is 1. The van der Waals surface area contributed by atoms with E-state index >= 15 is 0 Å². The number of carbonyl (C=O) groups excluding carboxylic acids is 3. The van der Waals surface area contributed by atoms with Crippen molar-refractivity contribution in [2.75, 3.05) is 24.8 Å². The third-order valence-electron chi connectivity index (χ3n) is 5.85. The summed E-state index contributed by atoms with van der Waals surface area (Å²) in [5, 5.41) is 18.9. The lowest BCUT2D eigenvalue weighted by atomic mass is 9.92. The highest BCUT2D eigenvalue weighted by molar-refractivity contribution is 8.00. The number of nitriles is 1. The number of hydrogen-bond donors (Lipinski definition) is 3. The van der Waals surface area contributed by atoms with Crippen molar-refractivity contribution in [2.24, 2.45) is 5.92 Å². The summed E-state index contributed by atoms with van der Waals surface area (Å²) in [4.78, 5) is 39.0. The Bertz CT molecular complexity index is 1180. The van der Waals surface area contributed by atoms with E-state index < -0.39 is 29.3 Å². The summed E-state index contributed by atoms with van der Waals surface area (Å²) < 4.78 is 10.5. The van der Waals surface area contributed by atoms with Crippen molar-refractivity contribution in [3.63, 3.8) is 0 Å². The smallest absolute Gasteiger partial charge is 0.341 e. The monoisotopic (exact) mass is 514 g/mol. The molecule has 2 heterocycles. The number of aryl methyl sites for hydroxylation is 1. The van der Waals surface area contributed by atoms with E-state index in [0.717, 1.165) is 35.3 Å². The van der Waals surface area contributed by atoms with Gasteiger partial charge in [0, 0.05) is 4.88 Å². The van der Waals surface area contributed by atoms with Crippen LogP contribution in [0.2, 0.25) is 0 Å². The second-order valence-corrected chi connectivity index (χ2v) is 10.3. The van der Waals surface area contributed by atoms with Crippen LogP contribution in [0.1, 0.15) is 45.7 Å². The van der Waals surface area contributed by atoms with E-state index in [2.05, 4.69) is 22.0 Å². The number of esters is 1. The minimum Gasteiger partial charge on any atom is -0.497 e. The van der Waals surface area contributed by atoms with Crippen molar-refractivity contribution in [1.82, 2.24) is 10.6 Å². The van der Waals surface area contributed by atoms with Crippen LogP contribution in [0.4, 0.5) is 5.00 Å². The van der Waals surface area contributed by atoms with Crippen LogP contribution in [-0.4, -0.2) is 42.8 Å². The molecule has 3 N–H and O–H groups in total. The molecule has 184 valence electrons. The number of rotatable bonds is 8. The third kappa shape index (κ3) is 5.45. The first-order chi connectivity index (χ1) is 16.9. The third-order valence-corrected chi connectivity index (χ3v) is 8.07. The number of thiophene rings is 1. The number of fused-ring (bicyclic) bond motifs is 1. The van der Waals surface area contributed by atoms with Crippen LogP contribution >= 0.6 is 23.1 Å². The quantitative estimate of drug-likeness (QED) is 0.459. The molecule has 3 atom stereocenters. The van der Waals surface area contributed by atoms with Gasteiger partial charge in [0.1, 0.15) is 22.2 Å². The van der Waals surface area contributed by atoms with Gasteiger partial charge in [0.25, 0.3) is 0 Å². The van der Waals surface area contributed by atoms with Crippen molar-refractivity contribution in [1.29, 1.82) is 5.26 Å². The van der Waals surface area contributed by atoms with Gasteiger partial charge in [0.15, 0.2) is 0 Å². The van der Waals surface area contributed by atoms with Crippen LogP contribution in [0.25, 0.3) is 0 Å². The Kier molecular flexibility index (Phi) is 7.95. The molecule has 2 aromatic rings. The average molecular weight is 515 g/mol. The van der Waals surface area contributed by atoms with Gasteiger partial charge in [0.2, 0.25) is 11.8 Å². The number of methoxy groups -OCH3 is 1. The molecule has 1 fully saturated rings. The summed E-state index contributed by atoms with van der Waals surface area (Å²) in [6.07, 6.45) is 2.68. The van der Waals surface area contributed by atoms with E-state index in [0.29, 0.717) is 16.3 Å². The lowest BCUT2D eigenvalue weighted by molar-refractivity contribution is -0.126. The molecule has 2 aliphatic rings. The molecule has 4 rings (SSSR count). The second-order valence-electron chi connectivity index (χ2n) is 8.06. The van der Waals surface area contributed by atoms with Crippen molar-refractivity contribution in [2.45, 2.75) is 37.7 Å². The lowest BCUT2D eigenvalue weighted by Crippen LogP contribution is -2.56. The number of nitrogens with one attached hydrogen (secondary N) is 3. The average Bonchev–Trinajstić information content (AvgIpc) is 3.43. The van der Waals surface area contributed by atoms with E-state index in [1.165, 1.54) is 23.1 Å². The summed E-state index contributed by atoms with van der Waals surface area (Å²) in [7, 11) is 1.55. The zero-order chi connectivity index (χ0) is 24.9. The summed E-state index contributed by atoms with van der Waals surface area (Å²) in [6, 6.07) is 8.69. The van der Waals surface area contributed by atoms with Gasteiger partial charge >= 0.3 is 5.97 Å². The summed E-state index contributed by atoms with van der Waals surface area (Å²) >= 11 is 2.62. The van der Waals surface area contributed by atoms with E-state index in [1.54, 1.807) is 32.2 Å². The Balaban J connectivity index is 1.42. The Hall–Kier alpha value is -3.07. The van der Waals surface area contributed by atoms with E-state index in [-0.39, 0.29) is 18.3 Å². The highest BCUT2D eigenvalue weighted by atomic mass is 32.2. The van der Waals surface area contributed by atoms with Crippen LogP contribution in [0.5, 0.6) is 5.75 Å². The Labute approximate surface area is 211 Å². The fraction of sp³-hybridized carbons (Fsp3) is 0.417. The molecule has 0 bridgehead atoms. The van der Waals surface area contributed by atoms with Gasteiger partial charge in [-0.05, 0) is 49.4 Å². The number of amides is 2. The van der Waals surface area contributed by atoms with Crippen molar-refractivity contribution >= 4 is 45.9 Å². The van der Waals surface area contributed by atoms with Crippen molar-refractivity contribution in [3.05, 3.63) is 45.8 Å². The first-order valence-corrected chi connectivity index (χ1v) is 13.1. The van der Waals surface area contributed by atoms with Gasteiger partial charge in [-0.1, -0.05) is 12.1 Å². The van der Waals surface area contributed by atoms with Gasteiger partial charge in [-0.2, -0.15) is 5.26 Å². The van der Waals surface area contributed by atoms with Gasteiger partial charge in [-0.25, -0.2) is 4.79 Å². The normalized spacial score (nSPS) is 20.9. The SMILES string of the molecule is CCOC(=O)c1c(NC(=O)CSC2NC(=O)C(C#N)C(c3cccc(OC)c3)N2)sc2c1CCC2. The van der Waals surface area contributed by atoms with Crippen LogP contribution in [0.3, 0.4) is 0 Å². The molecular formula is C24H26N4O5S2. The summed E-state index contributed by atoms with van der Waals surface area (Å²) in [5.74, 6) is -1.39. The molecule has 0 spiro atoms. The lowest BCUT2D eigenvalue weighted by Gasteiger charge is -2.34. The van der Waals surface area contributed by atoms with Crippen LogP contribution in [-0.2, 0) is 27.2 Å². The second kappa shape index (κ2) is 11.1. The number of carbonyl (C=O) groups is 3. The minimum absolute atomic E-state index is 0.0326. The molecule has 1 aromatic carbocycles. The fourth-order valence-electron chi connectivity index (χ4n) is 4.25. The highest BCUT2D eigenvalue weighted by Crippen LogP contribution is 2.39. The fourth-order valence-corrected chi connectivity index (χ4v) is 6.38.